The number of carbonyl (C=O) groups excluding carboxylic acids is 1. The second-order valence-corrected chi connectivity index (χ2v) is 15.2. The van der Waals surface area contributed by atoms with Gasteiger partial charge in [-0.2, -0.15) is 26.3 Å². The molecule has 2 aromatic rings. The topological polar surface area (TPSA) is 125 Å². The average molecular weight is 746 g/mol. The van der Waals surface area contributed by atoms with Gasteiger partial charge in [-0.05, 0) is 63.3 Å². The van der Waals surface area contributed by atoms with Crippen molar-refractivity contribution in [1.82, 2.24) is 5.32 Å². The van der Waals surface area contributed by atoms with Crippen LogP contribution < -0.4 is 9.88 Å². The Labute approximate surface area is 285 Å². The number of alkyl halides is 6. The number of sulfonamides is 2. The van der Waals surface area contributed by atoms with Crippen LogP contribution in [0.4, 0.5) is 31.1 Å². The smallest absolute Gasteiger partial charge is 0.450 e. The lowest BCUT2D eigenvalue weighted by molar-refractivity contribution is -0.697. The van der Waals surface area contributed by atoms with Crippen LogP contribution in [0.1, 0.15) is 95.8 Å². The average Bonchev–Trinajstić information content (AvgIpc) is 2.98. The van der Waals surface area contributed by atoms with Crippen LogP contribution in [0.15, 0.2) is 55.4 Å². The number of benzene rings is 1. The SMILES string of the molecule is C=C(C)c1cccc(C(C)(C)NC(=O)OCCCCCCCCCC[n+]2cccc(CC)c2)c1.O=S(=O)([N-]S(=O)(=O)C(F)(F)F)C(F)(F)F. The molecule has 0 saturated heterocycles. The molecule has 0 saturated carbocycles. The van der Waals surface area contributed by atoms with Gasteiger partial charge in [0.05, 0.1) is 12.1 Å². The third kappa shape index (κ3) is 15.9. The van der Waals surface area contributed by atoms with Gasteiger partial charge in [-0.3, -0.25) is 0 Å². The molecule has 0 atom stereocenters. The number of carbonyl (C=O) groups is 1. The lowest BCUT2D eigenvalue weighted by Crippen LogP contribution is -2.41. The predicted octanol–water partition coefficient (Wildman–Crippen LogP) is 8.41. The minimum atomic E-state index is -6.72. The van der Waals surface area contributed by atoms with Crippen molar-refractivity contribution in [1.29, 1.82) is 0 Å². The zero-order valence-corrected chi connectivity index (χ0v) is 29.7. The number of pyridine rings is 1. The minimum absolute atomic E-state index is 0.354. The molecule has 49 heavy (non-hydrogen) atoms. The van der Waals surface area contributed by atoms with Crippen LogP contribution in [0.3, 0.4) is 0 Å². The number of halogens is 6. The van der Waals surface area contributed by atoms with Crippen molar-refractivity contribution in [2.75, 3.05) is 6.61 Å². The summed E-state index contributed by atoms with van der Waals surface area (Å²) in [7, 11) is -13.4. The summed E-state index contributed by atoms with van der Waals surface area (Å²) in [5, 5.41) is 3.00. The fourth-order valence-electron chi connectivity index (χ4n) is 4.30. The van der Waals surface area contributed by atoms with Crippen molar-refractivity contribution in [3.8, 4) is 0 Å². The number of alkyl carbamates (subject to hydrolysis) is 1. The van der Waals surface area contributed by atoms with E-state index in [4.69, 9.17) is 4.74 Å². The third-order valence-electron chi connectivity index (χ3n) is 7.14. The second-order valence-electron chi connectivity index (χ2n) is 11.8. The number of allylic oxidation sites excluding steroid dienone is 1. The number of amides is 1. The molecular weight excluding hydrogens is 700 g/mol. The quantitative estimate of drug-likeness (QED) is 0.0986. The van der Waals surface area contributed by atoms with Crippen LogP contribution in [0.2, 0.25) is 0 Å². The van der Waals surface area contributed by atoms with E-state index >= 15 is 0 Å². The highest BCUT2D eigenvalue weighted by Crippen LogP contribution is 2.36. The molecule has 17 heteroatoms. The Kier molecular flexibility index (Phi) is 17.2. The van der Waals surface area contributed by atoms with Gasteiger partial charge in [-0.25, -0.2) is 26.2 Å². The third-order valence-corrected chi connectivity index (χ3v) is 9.88. The maximum absolute atomic E-state index is 12.3. The number of ether oxygens (including phenoxy) is 1. The maximum atomic E-state index is 12.3. The van der Waals surface area contributed by atoms with Gasteiger partial charge in [0.25, 0.3) is 0 Å². The monoisotopic (exact) mass is 745 g/mol. The zero-order chi connectivity index (χ0) is 37.5. The summed E-state index contributed by atoms with van der Waals surface area (Å²) in [6, 6.07) is 12.5. The molecule has 0 bridgehead atoms. The summed E-state index contributed by atoms with van der Waals surface area (Å²) in [5.41, 5.74) is -8.37. The summed E-state index contributed by atoms with van der Waals surface area (Å²) in [5.74, 6) is 0. The Hall–Kier alpha value is -3.18. The van der Waals surface area contributed by atoms with E-state index in [9.17, 15) is 48.0 Å². The molecular formula is C32H45F6N3O6S2. The molecule has 0 aliphatic rings. The predicted molar refractivity (Wildman–Crippen MR) is 175 cm³/mol. The first-order chi connectivity index (χ1) is 22.5. The molecule has 278 valence electrons. The van der Waals surface area contributed by atoms with Gasteiger partial charge in [0, 0.05) is 18.1 Å². The van der Waals surface area contributed by atoms with Crippen molar-refractivity contribution in [3.05, 3.63) is 76.2 Å². The maximum Gasteiger partial charge on any atom is 0.480 e. The Bertz CT molecular complexity index is 1540. The Morgan fingerprint density at radius 1 is 0.857 bits per heavy atom. The fourth-order valence-corrected chi connectivity index (χ4v) is 6.01. The molecule has 0 aliphatic heterocycles. The summed E-state index contributed by atoms with van der Waals surface area (Å²) in [4.78, 5) is 12.3. The van der Waals surface area contributed by atoms with Gasteiger partial charge in [-0.15, -0.1) is 0 Å². The number of aryl methyl sites for hydroxylation is 2. The van der Waals surface area contributed by atoms with Crippen molar-refractivity contribution in [2.24, 2.45) is 0 Å². The van der Waals surface area contributed by atoms with Gasteiger partial charge >= 0.3 is 17.1 Å². The molecule has 1 N–H and O–H groups in total. The van der Waals surface area contributed by atoms with E-state index in [-0.39, 0.29) is 6.09 Å². The first-order valence-corrected chi connectivity index (χ1v) is 18.5. The van der Waals surface area contributed by atoms with Gasteiger partial charge in [0.15, 0.2) is 32.4 Å². The van der Waals surface area contributed by atoms with Crippen LogP contribution in [0.5, 0.6) is 0 Å². The molecule has 0 fully saturated rings. The van der Waals surface area contributed by atoms with Crippen LogP contribution in [-0.4, -0.2) is 40.6 Å². The first-order valence-electron chi connectivity index (χ1n) is 15.6. The van der Waals surface area contributed by atoms with Crippen molar-refractivity contribution >= 4 is 31.7 Å². The van der Waals surface area contributed by atoms with Gasteiger partial charge in [0.2, 0.25) is 0 Å². The van der Waals surface area contributed by atoms with E-state index in [0.29, 0.717) is 6.61 Å². The van der Waals surface area contributed by atoms with Gasteiger partial charge < -0.3 is 14.2 Å². The van der Waals surface area contributed by atoms with Crippen LogP contribution in [0, 0.1) is 0 Å². The number of aromatic nitrogens is 1. The summed E-state index contributed by atoms with van der Waals surface area (Å²) in [6.07, 6.45) is 14.8. The van der Waals surface area contributed by atoms with E-state index in [1.165, 1.54) is 44.1 Å². The summed E-state index contributed by atoms with van der Waals surface area (Å²) in [6.45, 7) is 13.8. The van der Waals surface area contributed by atoms with Crippen LogP contribution in [-0.2, 0) is 43.3 Å². The van der Waals surface area contributed by atoms with Crippen LogP contribution >= 0.6 is 0 Å². The highest BCUT2D eigenvalue weighted by atomic mass is 32.3. The normalized spacial score (nSPS) is 12.5. The number of nitrogens with zero attached hydrogens (tertiary/aromatic N) is 2. The molecule has 1 amide bonds. The van der Waals surface area contributed by atoms with Crippen molar-refractivity contribution in [3.63, 3.8) is 0 Å². The van der Waals surface area contributed by atoms with Crippen LogP contribution in [0.25, 0.3) is 9.70 Å². The Morgan fingerprint density at radius 3 is 1.90 bits per heavy atom. The molecule has 0 unspecified atom stereocenters. The van der Waals surface area contributed by atoms with E-state index < -0.39 is 36.6 Å². The molecule has 0 aliphatic carbocycles. The first kappa shape index (κ1) is 43.8. The fraction of sp³-hybridized carbons (Fsp3) is 0.562. The summed E-state index contributed by atoms with van der Waals surface area (Å²) >= 11 is 0. The van der Waals surface area contributed by atoms with Gasteiger partial charge in [0.1, 0.15) is 6.54 Å². The van der Waals surface area contributed by atoms with E-state index in [0.717, 1.165) is 46.6 Å². The van der Waals surface area contributed by atoms with Gasteiger partial charge in [-0.1, -0.05) is 69.4 Å². The van der Waals surface area contributed by atoms with E-state index in [2.05, 4.69) is 54.0 Å². The Morgan fingerprint density at radius 2 is 1.39 bits per heavy atom. The standard InChI is InChI=1S/C30H44N2O2.C2F6NO4S2/c1-6-26-17-16-21-32(24-26)20-13-11-9-7-8-10-12-14-22-34-29(33)31-30(4,5)28-19-15-18-27(23-28)25(2)3;3-1(4,5)14(10,11)9-15(12,13)2(6,7)8/h15-19,21,23-24H,2,6-14,20,22H2,1,3-5H3;/q;-1/p+1. The molecule has 1 aromatic carbocycles. The summed E-state index contributed by atoms with van der Waals surface area (Å²) < 4.78 is 117. The molecule has 1 aromatic heterocycles. The number of hydrogen-bond acceptors (Lipinski definition) is 6. The number of rotatable bonds is 17. The second kappa shape index (κ2) is 19.3. The highest BCUT2D eigenvalue weighted by Gasteiger charge is 2.47. The minimum Gasteiger partial charge on any atom is -0.450 e. The Balaban J connectivity index is 0.000000673. The van der Waals surface area contributed by atoms with E-state index in [1.54, 1.807) is 0 Å². The molecule has 9 nitrogen and oxygen atoms in total. The van der Waals surface area contributed by atoms with Crippen molar-refractivity contribution < 1.29 is 57.3 Å². The number of unbranched alkanes of at least 4 members (excludes halogenated alkanes) is 7. The van der Waals surface area contributed by atoms with Crippen molar-refractivity contribution in [2.45, 2.75) is 109 Å². The highest BCUT2D eigenvalue weighted by molar-refractivity contribution is 8.13. The largest absolute Gasteiger partial charge is 0.480 e. The molecule has 0 radical (unpaired) electrons. The molecule has 1 heterocycles. The number of nitrogens with one attached hydrogen (secondary N) is 1. The van der Waals surface area contributed by atoms with E-state index in [1.807, 2.05) is 39.0 Å². The molecule has 0 spiro atoms. The lowest BCUT2D eigenvalue weighted by atomic mass is 9.92. The molecule has 2 rings (SSSR count). The lowest BCUT2D eigenvalue weighted by Gasteiger charge is -2.27. The zero-order valence-electron chi connectivity index (χ0n) is 28.0. The number of hydrogen-bond donors (Lipinski definition) is 1.